The first kappa shape index (κ1) is 18.4. The summed E-state index contributed by atoms with van der Waals surface area (Å²) in [5.41, 5.74) is 0.413. The van der Waals surface area contributed by atoms with Crippen molar-refractivity contribution in [3.05, 3.63) is 52.6 Å². The van der Waals surface area contributed by atoms with E-state index >= 15 is 0 Å². The van der Waals surface area contributed by atoms with Gasteiger partial charge >= 0.3 is 0 Å². The van der Waals surface area contributed by atoms with Crippen molar-refractivity contribution in [2.75, 3.05) is 0 Å². The average Bonchev–Trinajstić information content (AvgIpc) is 3.14. The first-order valence-corrected chi connectivity index (χ1v) is 8.44. The summed E-state index contributed by atoms with van der Waals surface area (Å²) in [4.78, 5) is 28.2. The van der Waals surface area contributed by atoms with Crippen LogP contribution in [-0.2, 0) is 11.3 Å². The monoisotopic (exact) mass is 371 g/mol. The van der Waals surface area contributed by atoms with Crippen molar-refractivity contribution >= 4 is 5.91 Å². The van der Waals surface area contributed by atoms with E-state index in [1.54, 1.807) is 0 Å². The van der Waals surface area contributed by atoms with E-state index in [-0.39, 0.29) is 41.7 Å². The summed E-state index contributed by atoms with van der Waals surface area (Å²) in [6.07, 6.45) is 0.780. The van der Waals surface area contributed by atoms with E-state index in [1.165, 1.54) is 36.4 Å². The molecule has 0 spiro atoms. The number of hydrogen-bond acceptors (Lipinski definition) is 6. The smallest absolute Gasteiger partial charge is 0.278 e. The summed E-state index contributed by atoms with van der Waals surface area (Å²) in [5.74, 6) is -0.329. The molecule has 140 valence electrons. The molecule has 3 aromatic rings. The Balaban J connectivity index is 1.83. The number of nitrogens with zero attached hydrogens (tertiary/aromatic N) is 4. The van der Waals surface area contributed by atoms with Crippen LogP contribution >= 0.6 is 0 Å². The van der Waals surface area contributed by atoms with E-state index in [0.29, 0.717) is 5.56 Å². The van der Waals surface area contributed by atoms with Crippen LogP contribution in [0.3, 0.4) is 0 Å². The molecule has 2 heterocycles. The molecule has 27 heavy (non-hydrogen) atoms. The van der Waals surface area contributed by atoms with Crippen LogP contribution in [0.25, 0.3) is 23.0 Å². The van der Waals surface area contributed by atoms with Crippen molar-refractivity contribution in [1.82, 2.24) is 25.2 Å². The summed E-state index contributed by atoms with van der Waals surface area (Å²) in [7, 11) is 0. The zero-order valence-electron chi connectivity index (χ0n) is 14.8. The van der Waals surface area contributed by atoms with Gasteiger partial charge in [-0.25, -0.2) is 9.07 Å². The Morgan fingerprint density at radius 3 is 2.70 bits per heavy atom. The molecule has 0 aliphatic heterocycles. The Hall–Kier alpha value is -3.36. The van der Waals surface area contributed by atoms with Crippen LogP contribution in [0.5, 0.6) is 0 Å². The number of aromatic nitrogens is 4. The van der Waals surface area contributed by atoms with Crippen LogP contribution in [0.15, 0.2) is 45.7 Å². The standard InChI is InChI=1S/C18H18FN5O3/c1-3-11(2)20-15(25)10-24-16(26)9-8-14(22-24)18-21-17(23-27-18)12-4-6-13(19)7-5-12/h4-9,11H,3,10H2,1-2H3,(H,20,25). The third-order valence-electron chi connectivity index (χ3n) is 3.93. The Morgan fingerprint density at radius 2 is 2.00 bits per heavy atom. The van der Waals surface area contributed by atoms with Crippen molar-refractivity contribution in [3.63, 3.8) is 0 Å². The molecule has 1 amide bonds. The first-order valence-electron chi connectivity index (χ1n) is 8.44. The fraction of sp³-hybridized carbons (Fsp3) is 0.278. The Morgan fingerprint density at radius 1 is 1.26 bits per heavy atom. The Bertz CT molecular complexity index is 997. The molecule has 9 heteroatoms. The minimum atomic E-state index is -0.420. The summed E-state index contributed by atoms with van der Waals surface area (Å²) in [6.45, 7) is 3.61. The Labute approximate surface area is 154 Å². The molecule has 1 atom stereocenters. The molecule has 3 rings (SSSR count). The second-order valence-corrected chi connectivity index (χ2v) is 6.02. The van der Waals surface area contributed by atoms with Crippen LogP contribution in [-0.4, -0.2) is 31.9 Å². The van der Waals surface area contributed by atoms with Crippen molar-refractivity contribution < 1.29 is 13.7 Å². The number of carbonyl (C=O) groups excluding carboxylic acids is 1. The maximum Gasteiger partial charge on any atom is 0.278 e. The van der Waals surface area contributed by atoms with E-state index in [1.807, 2.05) is 13.8 Å². The fourth-order valence-corrected chi connectivity index (χ4v) is 2.28. The van der Waals surface area contributed by atoms with Gasteiger partial charge < -0.3 is 9.84 Å². The molecule has 1 unspecified atom stereocenters. The van der Waals surface area contributed by atoms with Crippen LogP contribution in [0.2, 0.25) is 0 Å². The molecule has 0 bridgehead atoms. The zero-order valence-corrected chi connectivity index (χ0v) is 14.8. The normalized spacial score (nSPS) is 12.0. The second kappa shape index (κ2) is 7.90. The number of amides is 1. The maximum absolute atomic E-state index is 13.0. The third kappa shape index (κ3) is 4.43. The quantitative estimate of drug-likeness (QED) is 0.711. The summed E-state index contributed by atoms with van der Waals surface area (Å²) >= 11 is 0. The van der Waals surface area contributed by atoms with Crippen LogP contribution < -0.4 is 10.9 Å². The highest BCUT2D eigenvalue weighted by Crippen LogP contribution is 2.20. The lowest BCUT2D eigenvalue weighted by atomic mass is 10.2. The van der Waals surface area contributed by atoms with Gasteiger partial charge in [-0.15, -0.1) is 0 Å². The molecule has 1 aromatic carbocycles. The lowest BCUT2D eigenvalue weighted by Crippen LogP contribution is -2.37. The van der Waals surface area contributed by atoms with Crippen molar-refractivity contribution in [2.24, 2.45) is 0 Å². The number of rotatable bonds is 6. The fourth-order valence-electron chi connectivity index (χ4n) is 2.28. The van der Waals surface area contributed by atoms with E-state index in [0.717, 1.165) is 11.1 Å². The van der Waals surface area contributed by atoms with Gasteiger partial charge in [0.25, 0.3) is 11.4 Å². The average molecular weight is 371 g/mol. The van der Waals surface area contributed by atoms with Crippen LogP contribution in [0.4, 0.5) is 4.39 Å². The number of benzene rings is 1. The molecule has 8 nitrogen and oxygen atoms in total. The van der Waals surface area contributed by atoms with Gasteiger partial charge in [-0.05, 0) is 43.7 Å². The summed E-state index contributed by atoms with van der Waals surface area (Å²) in [6, 6.07) is 8.35. The molecule has 0 fully saturated rings. The predicted molar refractivity (Wildman–Crippen MR) is 95.1 cm³/mol. The topological polar surface area (TPSA) is 103 Å². The summed E-state index contributed by atoms with van der Waals surface area (Å²) < 4.78 is 19.2. The molecule has 2 aromatic heterocycles. The number of hydrogen-bond donors (Lipinski definition) is 1. The van der Waals surface area contributed by atoms with Gasteiger partial charge in [-0.2, -0.15) is 10.1 Å². The van der Waals surface area contributed by atoms with Gasteiger partial charge in [0.05, 0.1) is 0 Å². The van der Waals surface area contributed by atoms with Gasteiger partial charge in [0.15, 0.2) is 0 Å². The van der Waals surface area contributed by atoms with Gasteiger partial charge in [0.2, 0.25) is 11.7 Å². The molecule has 0 aliphatic rings. The highest BCUT2D eigenvalue weighted by atomic mass is 19.1. The second-order valence-electron chi connectivity index (χ2n) is 6.02. The number of halogens is 1. The number of carbonyl (C=O) groups is 1. The lowest BCUT2D eigenvalue weighted by molar-refractivity contribution is -0.122. The van der Waals surface area contributed by atoms with E-state index < -0.39 is 5.56 Å². The van der Waals surface area contributed by atoms with Gasteiger partial charge in [0.1, 0.15) is 18.1 Å². The van der Waals surface area contributed by atoms with Crippen LogP contribution in [0, 0.1) is 5.82 Å². The van der Waals surface area contributed by atoms with Crippen molar-refractivity contribution in [1.29, 1.82) is 0 Å². The molecule has 1 N–H and O–H groups in total. The lowest BCUT2D eigenvalue weighted by Gasteiger charge is -2.11. The molecule has 0 saturated carbocycles. The SMILES string of the molecule is CCC(C)NC(=O)Cn1nc(-c2nc(-c3ccc(F)cc3)no2)ccc1=O. The van der Waals surface area contributed by atoms with Gasteiger partial charge in [-0.1, -0.05) is 12.1 Å². The molecular weight excluding hydrogens is 353 g/mol. The Kier molecular flexibility index (Phi) is 5.39. The first-order chi connectivity index (χ1) is 13.0. The highest BCUT2D eigenvalue weighted by Gasteiger charge is 2.15. The third-order valence-corrected chi connectivity index (χ3v) is 3.93. The minimum Gasteiger partial charge on any atom is -0.352 e. The minimum absolute atomic E-state index is 0.00518. The number of nitrogens with one attached hydrogen (secondary N) is 1. The van der Waals surface area contributed by atoms with Gasteiger partial charge in [0, 0.05) is 17.7 Å². The zero-order chi connectivity index (χ0) is 19.4. The van der Waals surface area contributed by atoms with Gasteiger partial charge in [-0.3, -0.25) is 9.59 Å². The molecule has 0 saturated heterocycles. The molecule has 0 radical (unpaired) electrons. The predicted octanol–water partition coefficient (Wildman–Crippen LogP) is 2.01. The molecular formula is C18H18FN5O3. The van der Waals surface area contributed by atoms with Crippen molar-refractivity contribution in [3.8, 4) is 23.0 Å². The van der Waals surface area contributed by atoms with E-state index in [9.17, 15) is 14.0 Å². The summed E-state index contributed by atoms with van der Waals surface area (Å²) in [5, 5.41) is 10.7. The van der Waals surface area contributed by atoms with E-state index in [2.05, 4.69) is 20.6 Å². The molecule has 0 aliphatic carbocycles. The highest BCUT2D eigenvalue weighted by molar-refractivity contribution is 5.75. The van der Waals surface area contributed by atoms with Crippen LogP contribution in [0.1, 0.15) is 20.3 Å². The maximum atomic E-state index is 13.0. The van der Waals surface area contributed by atoms with E-state index in [4.69, 9.17) is 4.52 Å². The largest absolute Gasteiger partial charge is 0.352 e. The van der Waals surface area contributed by atoms with Crippen molar-refractivity contribution in [2.45, 2.75) is 32.9 Å².